The summed E-state index contributed by atoms with van der Waals surface area (Å²) < 4.78 is 5.98. The SMILES string of the molecule is CCCCCCCC(=O)OC1CCC2(C)C(CCC3C2CC(O)C2(C)C(C(C)CCC(=O)O)CCC32)C1. The van der Waals surface area contributed by atoms with E-state index in [0.717, 1.165) is 44.9 Å². The van der Waals surface area contributed by atoms with E-state index in [1.165, 1.54) is 38.5 Å². The summed E-state index contributed by atoms with van der Waals surface area (Å²) in [6, 6.07) is 0. The summed E-state index contributed by atoms with van der Waals surface area (Å²) in [6.45, 7) is 9.24. The first-order chi connectivity index (χ1) is 17.6. The molecule has 4 aliphatic rings. The number of hydrogen-bond donors (Lipinski definition) is 2. The Labute approximate surface area is 225 Å². The van der Waals surface area contributed by atoms with Gasteiger partial charge in [0.25, 0.3) is 0 Å². The summed E-state index contributed by atoms with van der Waals surface area (Å²) in [7, 11) is 0. The number of fused-ring (bicyclic) bond motifs is 5. The van der Waals surface area contributed by atoms with Crippen LogP contribution in [0.1, 0.15) is 130 Å². The second kappa shape index (κ2) is 12.0. The lowest BCUT2D eigenvalue weighted by Crippen LogP contribution is -2.59. The zero-order valence-corrected chi connectivity index (χ0v) is 24.1. The standard InChI is InChI=1S/C32H54O5/c1-5-6-7-8-9-10-30(36)37-23-17-18-31(3)22(19-23)12-13-24-26-15-14-25(21(2)11-16-29(34)35)32(26,4)28(33)20-27(24)31/h21-28,33H,5-20H2,1-4H3,(H,34,35). The zero-order valence-electron chi connectivity index (χ0n) is 24.1. The Morgan fingerprint density at radius 1 is 0.946 bits per heavy atom. The highest BCUT2D eigenvalue weighted by atomic mass is 16.5. The van der Waals surface area contributed by atoms with E-state index in [0.29, 0.717) is 48.3 Å². The smallest absolute Gasteiger partial charge is 0.306 e. The van der Waals surface area contributed by atoms with Gasteiger partial charge in [-0.2, -0.15) is 0 Å². The first-order valence-corrected chi connectivity index (χ1v) is 15.7. The maximum absolute atomic E-state index is 12.5. The Morgan fingerprint density at radius 3 is 2.43 bits per heavy atom. The summed E-state index contributed by atoms with van der Waals surface area (Å²) in [5.41, 5.74) is 0.132. The third-order valence-electron chi connectivity index (χ3n) is 12.1. The number of esters is 1. The summed E-state index contributed by atoms with van der Waals surface area (Å²) in [6.07, 6.45) is 15.7. The molecule has 0 aromatic rings. The fourth-order valence-corrected chi connectivity index (χ4v) is 9.92. The molecule has 10 atom stereocenters. The van der Waals surface area contributed by atoms with Gasteiger partial charge in [0.15, 0.2) is 0 Å². The third kappa shape index (κ3) is 5.77. The van der Waals surface area contributed by atoms with Crippen LogP contribution < -0.4 is 0 Å². The molecular formula is C32H54O5. The van der Waals surface area contributed by atoms with Crippen LogP contribution in [0.25, 0.3) is 0 Å². The van der Waals surface area contributed by atoms with Crippen LogP contribution >= 0.6 is 0 Å². The van der Waals surface area contributed by atoms with Crippen LogP contribution in [0.5, 0.6) is 0 Å². The lowest BCUT2D eigenvalue weighted by molar-refractivity contribution is -0.181. The van der Waals surface area contributed by atoms with E-state index < -0.39 is 5.97 Å². The van der Waals surface area contributed by atoms with Crippen LogP contribution in [0.2, 0.25) is 0 Å². The molecule has 4 fully saturated rings. The van der Waals surface area contributed by atoms with Crippen molar-refractivity contribution in [2.24, 2.45) is 46.3 Å². The number of carbonyl (C=O) groups excluding carboxylic acids is 1. The van der Waals surface area contributed by atoms with Crippen LogP contribution in [0.15, 0.2) is 0 Å². The number of rotatable bonds is 11. The largest absolute Gasteiger partial charge is 0.481 e. The number of aliphatic hydroxyl groups is 1. The minimum absolute atomic E-state index is 0.00309. The number of carboxylic acid groups (broad SMARTS) is 1. The van der Waals surface area contributed by atoms with Crippen molar-refractivity contribution in [2.45, 2.75) is 143 Å². The van der Waals surface area contributed by atoms with E-state index in [2.05, 4.69) is 27.7 Å². The maximum atomic E-state index is 12.5. The van der Waals surface area contributed by atoms with Crippen molar-refractivity contribution in [3.63, 3.8) is 0 Å². The molecule has 212 valence electrons. The monoisotopic (exact) mass is 518 g/mol. The average molecular weight is 519 g/mol. The Kier molecular flexibility index (Phi) is 9.34. The molecule has 0 heterocycles. The van der Waals surface area contributed by atoms with Crippen LogP contribution in [0.4, 0.5) is 0 Å². The predicted molar refractivity (Wildman–Crippen MR) is 146 cm³/mol. The molecule has 0 bridgehead atoms. The van der Waals surface area contributed by atoms with E-state index in [9.17, 15) is 19.8 Å². The second-order valence-electron chi connectivity index (χ2n) is 13.9. The maximum Gasteiger partial charge on any atom is 0.306 e. The lowest BCUT2D eigenvalue weighted by atomic mass is 9.43. The molecule has 0 aromatic carbocycles. The van der Waals surface area contributed by atoms with E-state index in [4.69, 9.17) is 4.74 Å². The molecule has 0 aliphatic heterocycles. The van der Waals surface area contributed by atoms with Gasteiger partial charge in [-0.1, -0.05) is 53.4 Å². The number of hydrogen-bond acceptors (Lipinski definition) is 4. The molecule has 37 heavy (non-hydrogen) atoms. The molecule has 5 nitrogen and oxygen atoms in total. The van der Waals surface area contributed by atoms with Gasteiger partial charge in [0.05, 0.1) is 6.10 Å². The predicted octanol–water partition coefficient (Wildman–Crippen LogP) is 7.39. The first kappa shape index (κ1) is 28.9. The number of ether oxygens (including phenoxy) is 1. The molecule has 4 rings (SSSR count). The Hall–Kier alpha value is -1.10. The van der Waals surface area contributed by atoms with Crippen molar-refractivity contribution >= 4 is 11.9 Å². The second-order valence-corrected chi connectivity index (χ2v) is 13.9. The van der Waals surface area contributed by atoms with Crippen molar-refractivity contribution in [3.05, 3.63) is 0 Å². The minimum atomic E-state index is -0.713. The summed E-state index contributed by atoms with van der Waals surface area (Å²) in [5.74, 6) is 2.35. The minimum Gasteiger partial charge on any atom is -0.481 e. The molecule has 5 heteroatoms. The molecule has 4 aliphatic carbocycles. The Balaban J connectivity index is 1.36. The van der Waals surface area contributed by atoms with Gasteiger partial charge in [0.2, 0.25) is 0 Å². The van der Waals surface area contributed by atoms with E-state index in [1.54, 1.807) is 0 Å². The quantitative estimate of drug-likeness (QED) is 0.220. The normalized spacial score (nSPS) is 41.8. The van der Waals surface area contributed by atoms with Gasteiger partial charge in [0, 0.05) is 12.8 Å². The van der Waals surface area contributed by atoms with Crippen molar-refractivity contribution < 1.29 is 24.5 Å². The van der Waals surface area contributed by atoms with Crippen LogP contribution in [0.3, 0.4) is 0 Å². The van der Waals surface area contributed by atoms with E-state index in [1.807, 2.05) is 0 Å². The molecule has 0 spiro atoms. The first-order valence-electron chi connectivity index (χ1n) is 15.7. The molecule has 4 saturated carbocycles. The van der Waals surface area contributed by atoms with Crippen molar-refractivity contribution in [3.8, 4) is 0 Å². The van der Waals surface area contributed by atoms with Gasteiger partial charge in [-0.25, -0.2) is 0 Å². The van der Waals surface area contributed by atoms with Crippen molar-refractivity contribution in [1.82, 2.24) is 0 Å². The molecule has 0 aromatic heterocycles. The topological polar surface area (TPSA) is 83.8 Å². The number of carboxylic acids is 1. The highest BCUT2D eigenvalue weighted by Crippen LogP contribution is 2.68. The zero-order chi connectivity index (χ0) is 26.8. The van der Waals surface area contributed by atoms with Crippen molar-refractivity contribution in [2.75, 3.05) is 0 Å². The van der Waals surface area contributed by atoms with Gasteiger partial charge in [0.1, 0.15) is 6.10 Å². The van der Waals surface area contributed by atoms with Gasteiger partial charge in [-0.05, 0) is 111 Å². The summed E-state index contributed by atoms with van der Waals surface area (Å²) in [5, 5.41) is 20.9. The molecular weight excluding hydrogens is 464 g/mol. The third-order valence-corrected chi connectivity index (χ3v) is 12.1. The molecule has 0 amide bonds. The number of aliphatic hydroxyl groups excluding tert-OH is 1. The highest BCUT2D eigenvalue weighted by molar-refractivity contribution is 5.69. The van der Waals surface area contributed by atoms with Crippen molar-refractivity contribution in [1.29, 1.82) is 0 Å². The lowest BCUT2D eigenvalue weighted by Gasteiger charge is -2.62. The fourth-order valence-electron chi connectivity index (χ4n) is 9.92. The Morgan fingerprint density at radius 2 is 1.70 bits per heavy atom. The Bertz CT molecular complexity index is 796. The van der Waals surface area contributed by atoms with Gasteiger partial charge < -0.3 is 14.9 Å². The summed E-state index contributed by atoms with van der Waals surface area (Å²) >= 11 is 0. The number of carbonyl (C=O) groups is 2. The number of aliphatic carboxylic acids is 1. The van der Waals surface area contributed by atoms with Crippen LogP contribution in [0, 0.1) is 46.3 Å². The number of unbranched alkanes of at least 4 members (excludes halogenated alkanes) is 4. The van der Waals surface area contributed by atoms with Crippen LogP contribution in [-0.4, -0.2) is 34.4 Å². The van der Waals surface area contributed by atoms with E-state index >= 15 is 0 Å². The fraction of sp³-hybridized carbons (Fsp3) is 0.938. The molecule has 0 radical (unpaired) electrons. The van der Waals surface area contributed by atoms with Gasteiger partial charge >= 0.3 is 11.9 Å². The summed E-state index contributed by atoms with van der Waals surface area (Å²) in [4.78, 5) is 23.7. The molecule has 10 unspecified atom stereocenters. The molecule has 0 saturated heterocycles. The van der Waals surface area contributed by atoms with E-state index in [-0.39, 0.29) is 35.4 Å². The highest BCUT2D eigenvalue weighted by Gasteiger charge is 2.63. The average Bonchev–Trinajstić information content (AvgIpc) is 3.22. The molecule has 2 N–H and O–H groups in total. The van der Waals surface area contributed by atoms with Gasteiger partial charge in [-0.3, -0.25) is 9.59 Å². The van der Waals surface area contributed by atoms with Gasteiger partial charge in [-0.15, -0.1) is 0 Å². The van der Waals surface area contributed by atoms with Crippen LogP contribution in [-0.2, 0) is 14.3 Å².